The molecule has 2 nitrogen and oxygen atoms in total. The van der Waals surface area contributed by atoms with Crippen LogP contribution in [0.3, 0.4) is 0 Å². The Morgan fingerprint density at radius 1 is 0.840 bits per heavy atom. The van der Waals surface area contributed by atoms with Crippen LogP contribution in [-0.4, -0.2) is 12.4 Å². The van der Waals surface area contributed by atoms with Crippen LogP contribution in [0.1, 0.15) is 55.7 Å². The van der Waals surface area contributed by atoms with E-state index in [1.165, 1.54) is 50.2 Å². The molecule has 0 fully saturated rings. The van der Waals surface area contributed by atoms with E-state index in [-0.39, 0.29) is 11.6 Å². The van der Waals surface area contributed by atoms with Crippen LogP contribution in [-0.2, 0) is 6.42 Å². The van der Waals surface area contributed by atoms with Crippen molar-refractivity contribution < 1.29 is 8.78 Å². The van der Waals surface area contributed by atoms with Crippen LogP contribution in [0.4, 0.5) is 8.78 Å². The van der Waals surface area contributed by atoms with Gasteiger partial charge in [-0.3, -0.25) is 0 Å². The molecule has 0 heterocycles. The van der Waals surface area contributed by atoms with Gasteiger partial charge < -0.3 is 0 Å². The fourth-order valence-electron chi connectivity index (χ4n) is 2.51. The molecule has 0 bridgehead atoms. The average Bonchev–Trinajstić information content (AvgIpc) is 2.61. The maximum absolute atomic E-state index is 14.1. The average molecular weight is 342 g/mol. The topological polar surface area (TPSA) is 24.7 Å². The second kappa shape index (κ2) is 10.5. The number of nitrogens with zero attached hydrogens (tertiary/aromatic N) is 2. The molecule has 0 radical (unpaired) electrons. The number of hydrogen-bond acceptors (Lipinski definition) is 2. The Hall–Kier alpha value is -2.36. The van der Waals surface area contributed by atoms with Crippen molar-refractivity contribution in [3.63, 3.8) is 0 Å². The molecule has 0 saturated carbocycles. The van der Waals surface area contributed by atoms with Crippen molar-refractivity contribution in [2.75, 3.05) is 0 Å². The maximum atomic E-state index is 14.1. The summed E-state index contributed by atoms with van der Waals surface area (Å²) in [5.74, 6) is -0.583. The summed E-state index contributed by atoms with van der Waals surface area (Å²) in [5.41, 5.74) is 2.16. The molecule has 4 heteroatoms. The summed E-state index contributed by atoms with van der Waals surface area (Å²) in [5, 5.41) is 7.72. The van der Waals surface area contributed by atoms with Crippen LogP contribution in [0.2, 0.25) is 0 Å². The maximum Gasteiger partial charge on any atom is 0.132 e. The minimum Gasteiger partial charge on any atom is -0.207 e. The van der Waals surface area contributed by atoms with E-state index < -0.39 is 0 Å². The lowest BCUT2D eigenvalue weighted by Gasteiger charge is -2.03. The van der Waals surface area contributed by atoms with E-state index in [0.29, 0.717) is 5.56 Å². The number of benzene rings is 2. The van der Waals surface area contributed by atoms with Crippen molar-refractivity contribution in [1.82, 2.24) is 0 Å². The van der Waals surface area contributed by atoms with Crippen molar-refractivity contribution in [3.8, 4) is 0 Å². The van der Waals surface area contributed by atoms with Crippen LogP contribution in [0.15, 0.2) is 52.7 Å². The second-order valence-corrected chi connectivity index (χ2v) is 6.06. The zero-order valence-electron chi connectivity index (χ0n) is 14.6. The molecule has 0 aliphatic heterocycles. The van der Waals surface area contributed by atoms with Gasteiger partial charge in [0.05, 0.1) is 12.4 Å². The lowest BCUT2D eigenvalue weighted by Crippen LogP contribution is -1.93. The first-order valence-corrected chi connectivity index (χ1v) is 8.79. The first-order chi connectivity index (χ1) is 12.2. The quantitative estimate of drug-likeness (QED) is 0.306. The summed E-state index contributed by atoms with van der Waals surface area (Å²) in [6.07, 6.45) is 9.82. The lowest BCUT2D eigenvalue weighted by molar-refractivity contribution is 0.614. The second-order valence-electron chi connectivity index (χ2n) is 6.06. The molecule has 0 spiro atoms. The first-order valence-electron chi connectivity index (χ1n) is 8.79. The summed E-state index contributed by atoms with van der Waals surface area (Å²) in [6.45, 7) is 2.19. The molecule has 2 aromatic carbocycles. The fraction of sp³-hybridized carbons (Fsp3) is 0.333. The van der Waals surface area contributed by atoms with Crippen LogP contribution in [0, 0.1) is 11.6 Å². The van der Waals surface area contributed by atoms with E-state index in [0.717, 1.165) is 24.0 Å². The molecule has 25 heavy (non-hydrogen) atoms. The zero-order chi connectivity index (χ0) is 17.9. The highest BCUT2D eigenvalue weighted by molar-refractivity contribution is 5.82. The standard InChI is InChI=1S/C21H24F2N2/c1-2-3-4-5-6-7-17-8-11-19(21(23)14-17)16-25-24-15-18-9-12-20(22)13-10-18/h8-16H,2-7H2,1H3/b24-15+,25-16+. The molecule has 0 N–H and O–H groups in total. The Morgan fingerprint density at radius 2 is 1.56 bits per heavy atom. The summed E-state index contributed by atoms with van der Waals surface area (Å²) in [4.78, 5) is 0. The van der Waals surface area contributed by atoms with Crippen LogP contribution in [0.25, 0.3) is 0 Å². The first kappa shape index (κ1) is 19.0. The monoisotopic (exact) mass is 342 g/mol. The van der Waals surface area contributed by atoms with Crippen LogP contribution in [0.5, 0.6) is 0 Å². The molecular formula is C21H24F2N2. The molecule has 0 aromatic heterocycles. The minimum absolute atomic E-state index is 0.285. The van der Waals surface area contributed by atoms with Crippen LogP contribution < -0.4 is 0 Å². The Bertz CT molecular complexity index is 706. The number of unbranched alkanes of at least 4 members (excludes halogenated alkanes) is 4. The van der Waals surface area contributed by atoms with Crippen molar-refractivity contribution >= 4 is 12.4 Å². The molecular weight excluding hydrogens is 318 g/mol. The summed E-state index contributed by atoms with van der Waals surface area (Å²) in [6, 6.07) is 11.2. The molecule has 0 atom stereocenters. The molecule has 2 aromatic rings. The van der Waals surface area contributed by atoms with Gasteiger partial charge >= 0.3 is 0 Å². The summed E-state index contributed by atoms with van der Waals surface area (Å²) >= 11 is 0. The molecule has 132 valence electrons. The van der Waals surface area contributed by atoms with Gasteiger partial charge in [-0.25, -0.2) is 8.78 Å². The largest absolute Gasteiger partial charge is 0.207 e. The summed E-state index contributed by atoms with van der Waals surface area (Å²) < 4.78 is 26.9. The zero-order valence-corrected chi connectivity index (χ0v) is 14.6. The number of halogens is 2. The summed E-state index contributed by atoms with van der Waals surface area (Å²) in [7, 11) is 0. The number of rotatable bonds is 9. The smallest absolute Gasteiger partial charge is 0.132 e. The number of aryl methyl sites for hydroxylation is 1. The van der Waals surface area contributed by atoms with Gasteiger partial charge in [-0.2, -0.15) is 10.2 Å². The Morgan fingerprint density at radius 3 is 2.28 bits per heavy atom. The van der Waals surface area contributed by atoms with Gasteiger partial charge in [-0.1, -0.05) is 56.9 Å². The molecule has 2 rings (SSSR count). The highest BCUT2D eigenvalue weighted by Gasteiger charge is 2.02. The van der Waals surface area contributed by atoms with Crippen molar-refractivity contribution in [1.29, 1.82) is 0 Å². The van der Waals surface area contributed by atoms with E-state index in [1.807, 2.05) is 6.07 Å². The third-order valence-corrected chi connectivity index (χ3v) is 3.97. The van der Waals surface area contributed by atoms with E-state index in [1.54, 1.807) is 24.3 Å². The van der Waals surface area contributed by atoms with Crippen molar-refractivity contribution in [2.24, 2.45) is 10.2 Å². The molecule has 0 aliphatic carbocycles. The van der Waals surface area contributed by atoms with Gasteiger partial charge in [0.25, 0.3) is 0 Å². The third-order valence-electron chi connectivity index (χ3n) is 3.97. The lowest BCUT2D eigenvalue weighted by atomic mass is 10.0. The van der Waals surface area contributed by atoms with Crippen molar-refractivity contribution in [3.05, 3.63) is 70.8 Å². The van der Waals surface area contributed by atoms with E-state index in [4.69, 9.17) is 0 Å². The van der Waals surface area contributed by atoms with Gasteiger partial charge in [0.2, 0.25) is 0 Å². The Labute approximate surface area is 148 Å². The SMILES string of the molecule is CCCCCCCc1ccc(/C=N/N=C/c2ccc(F)cc2)c(F)c1. The highest BCUT2D eigenvalue weighted by Crippen LogP contribution is 2.13. The Kier molecular flexibility index (Phi) is 7.96. The predicted octanol–water partition coefficient (Wildman–Crippen LogP) is 5.93. The predicted molar refractivity (Wildman–Crippen MR) is 100 cm³/mol. The van der Waals surface area contributed by atoms with E-state index >= 15 is 0 Å². The van der Waals surface area contributed by atoms with Gasteiger partial charge in [0.1, 0.15) is 11.6 Å². The molecule has 0 saturated heterocycles. The molecule has 0 unspecified atom stereocenters. The van der Waals surface area contributed by atoms with E-state index in [9.17, 15) is 8.78 Å². The molecule has 0 amide bonds. The van der Waals surface area contributed by atoms with Gasteiger partial charge in [-0.15, -0.1) is 0 Å². The highest BCUT2D eigenvalue weighted by atomic mass is 19.1. The van der Waals surface area contributed by atoms with Gasteiger partial charge in [0, 0.05) is 5.56 Å². The molecule has 0 aliphatic rings. The number of hydrogen-bond donors (Lipinski definition) is 0. The van der Waals surface area contributed by atoms with Gasteiger partial charge in [0.15, 0.2) is 0 Å². The van der Waals surface area contributed by atoms with Crippen molar-refractivity contribution in [2.45, 2.75) is 45.4 Å². The third kappa shape index (κ3) is 6.96. The van der Waals surface area contributed by atoms with Crippen LogP contribution >= 0.6 is 0 Å². The Balaban J connectivity index is 1.86. The normalized spacial score (nSPS) is 11.6. The van der Waals surface area contributed by atoms with E-state index in [2.05, 4.69) is 17.1 Å². The minimum atomic E-state index is -0.298. The fourth-order valence-corrected chi connectivity index (χ4v) is 2.51. The van der Waals surface area contributed by atoms with Gasteiger partial charge in [-0.05, 0) is 42.2 Å².